The minimum Gasteiger partial charge on any atom is -0.309 e. The Bertz CT molecular complexity index is 333. The molecule has 1 aromatic rings. The van der Waals surface area contributed by atoms with E-state index >= 15 is 0 Å². The maximum absolute atomic E-state index is 13.7. The molecule has 0 bridgehead atoms. The Labute approximate surface area is 102 Å². The molecule has 0 aromatic heterocycles. The van der Waals surface area contributed by atoms with Gasteiger partial charge in [-0.3, -0.25) is 0 Å². The van der Waals surface area contributed by atoms with Crippen LogP contribution in [0.15, 0.2) is 24.3 Å². The molecule has 1 N–H and O–H groups in total. The summed E-state index contributed by atoms with van der Waals surface area (Å²) >= 11 is 5.97. The quantitative estimate of drug-likeness (QED) is 0.852. The lowest BCUT2D eigenvalue weighted by atomic mass is 10.1. The number of hydrogen-bond acceptors (Lipinski definition) is 1. The van der Waals surface area contributed by atoms with Crippen LogP contribution in [0.1, 0.15) is 26.3 Å². The highest BCUT2D eigenvalue weighted by atomic mass is 35.5. The molecule has 0 spiro atoms. The van der Waals surface area contributed by atoms with Crippen molar-refractivity contribution in [3.05, 3.63) is 34.9 Å². The summed E-state index contributed by atoms with van der Waals surface area (Å²) in [6, 6.07) is 7.39. The van der Waals surface area contributed by atoms with Crippen LogP contribution < -0.4 is 5.32 Å². The molecule has 0 aliphatic rings. The third-order valence-electron chi connectivity index (χ3n) is 2.25. The average Bonchev–Trinajstić information content (AvgIpc) is 2.18. The summed E-state index contributed by atoms with van der Waals surface area (Å²) in [7, 11) is 0. The molecule has 0 amide bonds. The zero-order valence-corrected chi connectivity index (χ0v) is 10.8. The van der Waals surface area contributed by atoms with E-state index < -0.39 is 6.17 Å². The van der Waals surface area contributed by atoms with E-state index in [9.17, 15) is 4.39 Å². The maximum Gasteiger partial charge on any atom is 0.117 e. The van der Waals surface area contributed by atoms with Crippen LogP contribution >= 0.6 is 11.6 Å². The van der Waals surface area contributed by atoms with Crippen LogP contribution in [0.3, 0.4) is 0 Å². The number of rotatable bonds is 4. The molecule has 1 aromatic carbocycles. The topological polar surface area (TPSA) is 12.0 Å². The summed E-state index contributed by atoms with van der Waals surface area (Å²) in [5, 5.41) is 3.78. The van der Waals surface area contributed by atoms with Gasteiger partial charge < -0.3 is 5.32 Å². The molecular weight excluding hydrogens is 225 g/mol. The van der Waals surface area contributed by atoms with Crippen molar-refractivity contribution in [2.75, 3.05) is 6.54 Å². The fourth-order valence-corrected chi connectivity index (χ4v) is 1.60. The van der Waals surface area contributed by atoms with Crippen molar-refractivity contribution in [3.63, 3.8) is 0 Å². The smallest absolute Gasteiger partial charge is 0.117 e. The van der Waals surface area contributed by atoms with Crippen LogP contribution in [0.25, 0.3) is 0 Å². The summed E-state index contributed by atoms with van der Waals surface area (Å²) in [4.78, 5) is 0. The summed E-state index contributed by atoms with van der Waals surface area (Å²) in [5.41, 5.74) is 0.817. The molecule has 1 atom stereocenters. The van der Waals surface area contributed by atoms with E-state index in [0.717, 1.165) is 5.56 Å². The van der Waals surface area contributed by atoms with Gasteiger partial charge in [0.15, 0.2) is 0 Å². The first-order chi connectivity index (χ1) is 7.38. The summed E-state index contributed by atoms with van der Waals surface area (Å²) in [6.07, 6.45) is -0.540. The molecule has 0 saturated carbocycles. The SMILES string of the molecule is CC(C)(C)NCC(F)Cc1ccccc1Cl. The summed E-state index contributed by atoms with van der Waals surface area (Å²) in [6.45, 7) is 6.42. The number of halogens is 2. The van der Waals surface area contributed by atoms with Crippen LogP contribution in [-0.4, -0.2) is 18.3 Å². The van der Waals surface area contributed by atoms with E-state index in [-0.39, 0.29) is 5.54 Å². The Morgan fingerprint density at radius 3 is 2.50 bits per heavy atom. The Kier molecular flexibility index (Phi) is 4.75. The monoisotopic (exact) mass is 243 g/mol. The van der Waals surface area contributed by atoms with Gasteiger partial charge in [-0.25, -0.2) is 4.39 Å². The maximum atomic E-state index is 13.7. The second kappa shape index (κ2) is 5.65. The molecule has 0 radical (unpaired) electrons. The minimum absolute atomic E-state index is 0.0508. The number of nitrogens with one attached hydrogen (secondary N) is 1. The van der Waals surface area contributed by atoms with Crippen molar-refractivity contribution in [1.29, 1.82) is 0 Å². The van der Waals surface area contributed by atoms with Crippen LogP contribution in [0.5, 0.6) is 0 Å². The van der Waals surface area contributed by atoms with Gasteiger partial charge in [0.1, 0.15) is 6.17 Å². The lowest BCUT2D eigenvalue weighted by Crippen LogP contribution is -2.40. The van der Waals surface area contributed by atoms with Crippen LogP contribution in [0.2, 0.25) is 5.02 Å². The lowest BCUT2D eigenvalue weighted by Gasteiger charge is -2.22. The molecule has 90 valence electrons. The highest BCUT2D eigenvalue weighted by molar-refractivity contribution is 6.31. The molecule has 0 saturated heterocycles. The number of benzene rings is 1. The fourth-order valence-electron chi connectivity index (χ4n) is 1.39. The second-order valence-electron chi connectivity index (χ2n) is 5.02. The lowest BCUT2D eigenvalue weighted by molar-refractivity contribution is 0.284. The molecule has 0 aliphatic carbocycles. The van der Waals surface area contributed by atoms with E-state index in [1.54, 1.807) is 6.07 Å². The van der Waals surface area contributed by atoms with Gasteiger partial charge >= 0.3 is 0 Å². The Morgan fingerprint density at radius 2 is 1.94 bits per heavy atom. The van der Waals surface area contributed by atoms with E-state index in [1.807, 2.05) is 39.0 Å². The first-order valence-electron chi connectivity index (χ1n) is 5.51. The highest BCUT2D eigenvalue weighted by Gasteiger charge is 2.14. The standard InChI is InChI=1S/C13H19ClFN/c1-13(2,3)16-9-11(15)8-10-6-4-5-7-12(10)14/h4-7,11,16H,8-9H2,1-3H3. The molecule has 1 unspecified atom stereocenters. The van der Waals surface area contributed by atoms with Crippen molar-refractivity contribution < 1.29 is 4.39 Å². The molecule has 1 nitrogen and oxygen atoms in total. The first kappa shape index (κ1) is 13.5. The largest absolute Gasteiger partial charge is 0.309 e. The predicted molar refractivity (Wildman–Crippen MR) is 67.8 cm³/mol. The van der Waals surface area contributed by atoms with Crippen molar-refractivity contribution in [2.45, 2.75) is 38.9 Å². The molecule has 1 rings (SSSR count). The van der Waals surface area contributed by atoms with E-state index in [1.165, 1.54) is 0 Å². The molecule has 16 heavy (non-hydrogen) atoms. The molecule has 0 fully saturated rings. The Morgan fingerprint density at radius 1 is 1.31 bits per heavy atom. The van der Waals surface area contributed by atoms with Gasteiger partial charge in [-0.1, -0.05) is 29.8 Å². The van der Waals surface area contributed by atoms with Crippen LogP contribution in [-0.2, 0) is 6.42 Å². The molecule has 0 aliphatic heterocycles. The molecule has 0 heterocycles. The van der Waals surface area contributed by atoms with Gasteiger partial charge in [-0.2, -0.15) is 0 Å². The van der Waals surface area contributed by atoms with Gasteiger partial charge in [0.2, 0.25) is 0 Å². The zero-order chi connectivity index (χ0) is 12.2. The van der Waals surface area contributed by atoms with Gasteiger partial charge in [0.05, 0.1) is 0 Å². The summed E-state index contributed by atoms with van der Waals surface area (Å²) in [5.74, 6) is 0. The third kappa shape index (κ3) is 4.95. The van der Waals surface area contributed by atoms with Crippen molar-refractivity contribution in [1.82, 2.24) is 5.32 Å². The zero-order valence-electron chi connectivity index (χ0n) is 10.1. The van der Waals surface area contributed by atoms with Crippen molar-refractivity contribution in [2.24, 2.45) is 0 Å². The third-order valence-corrected chi connectivity index (χ3v) is 2.62. The van der Waals surface area contributed by atoms with Crippen LogP contribution in [0, 0.1) is 0 Å². The van der Waals surface area contributed by atoms with E-state index in [2.05, 4.69) is 5.32 Å². The fraction of sp³-hybridized carbons (Fsp3) is 0.538. The highest BCUT2D eigenvalue weighted by Crippen LogP contribution is 2.17. The van der Waals surface area contributed by atoms with Crippen molar-refractivity contribution in [3.8, 4) is 0 Å². The van der Waals surface area contributed by atoms with Gasteiger partial charge in [-0.15, -0.1) is 0 Å². The van der Waals surface area contributed by atoms with E-state index in [4.69, 9.17) is 11.6 Å². The van der Waals surface area contributed by atoms with Gasteiger partial charge in [-0.05, 0) is 32.4 Å². The summed E-state index contributed by atoms with van der Waals surface area (Å²) < 4.78 is 13.7. The normalized spacial score (nSPS) is 13.8. The first-order valence-corrected chi connectivity index (χ1v) is 5.89. The average molecular weight is 244 g/mol. The van der Waals surface area contributed by atoms with Crippen molar-refractivity contribution >= 4 is 11.6 Å². The van der Waals surface area contributed by atoms with Gasteiger partial charge in [0.25, 0.3) is 0 Å². The predicted octanol–water partition coefficient (Wildman–Crippen LogP) is 3.61. The number of hydrogen-bond donors (Lipinski definition) is 1. The minimum atomic E-state index is -0.904. The Hall–Kier alpha value is -0.600. The number of alkyl halides is 1. The van der Waals surface area contributed by atoms with Gasteiger partial charge in [0, 0.05) is 23.5 Å². The second-order valence-corrected chi connectivity index (χ2v) is 5.43. The Balaban J connectivity index is 2.46. The van der Waals surface area contributed by atoms with E-state index in [0.29, 0.717) is 18.0 Å². The van der Waals surface area contributed by atoms with Crippen LogP contribution in [0.4, 0.5) is 4.39 Å². The molecular formula is C13H19ClFN. The molecule has 3 heteroatoms.